The first-order valence-corrected chi connectivity index (χ1v) is 5.38. The summed E-state index contributed by atoms with van der Waals surface area (Å²) in [6, 6.07) is 1.98. The van der Waals surface area contributed by atoms with Crippen LogP contribution in [-0.2, 0) is 4.74 Å². The summed E-state index contributed by atoms with van der Waals surface area (Å²) in [5.41, 5.74) is 6.64. The zero-order valence-corrected chi connectivity index (χ0v) is 9.99. The minimum atomic E-state index is -0.0694. The van der Waals surface area contributed by atoms with Gasteiger partial charge in [0.2, 0.25) is 0 Å². The molecule has 0 bridgehead atoms. The zero-order chi connectivity index (χ0) is 10.6. The number of aromatic nitrogens is 1. The lowest BCUT2D eigenvalue weighted by Crippen LogP contribution is -2.19. The highest BCUT2D eigenvalue weighted by Crippen LogP contribution is 2.20. The van der Waals surface area contributed by atoms with E-state index >= 15 is 0 Å². The van der Waals surface area contributed by atoms with Crippen LogP contribution in [-0.4, -0.2) is 17.6 Å². The summed E-state index contributed by atoms with van der Waals surface area (Å²) >= 11 is 3.37. The Morgan fingerprint density at radius 2 is 2.21 bits per heavy atom. The Hall–Kier alpha value is -0.450. The molecule has 3 nitrogen and oxygen atoms in total. The zero-order valence-electron chi connectivity index (χ0n) is 8.40. The van der Waals surface area contributed by atoms with Gasteiger partial charge in [-0.2, -0.15) is 0 Å². The highest BCUT2D eigenvalue weighted by atomic mass is 79.9. The maximum Gasteiger partial charge on any atom is 0.0965 e. The maximum atomic E-state index is 5.65. The smallest absolute Gasteiger partial charge is 0.0965 e. The van der Waals surface area contributed by atoms with Crippen molar-refractivity contribution in [1.29, 1.82) is 0 Å². The van der Waals surface area contributed by atoms with Gasteiger partial charge in [-0.25, -0.2) is 0 Å². The fraction of sp³-hybridized carbons (Fsp3) is 0.500. The van der Waals surface area contributed by atoms with Crippen molar-refractivity contribution in [2.45, 2.75) is 26.1 Å². The molecule has 0 aliphatic rings. The van der Waals surface area contributed by atoms with Gasteiger partial charge in [-0.15, -0.1) is 0 Å². The molecule has 0 saturated heterocycles. The summed E-state index contributed by atoms with van der Waals surface area (Å²) in [5.74, 6) is 0. The van der Waals surface area contributed by atoms with Crippen LogP contribution in [0.15, 0.2) is 22.9 Å². The van der Waals surface area contributed by atoms with Crippen LogP contribution in [0.2, 0.25) is 0 Å². The molecule has 2 N–H and O–H groups in total. The van der Waals surface area contributed by atoms with E-state index in [1.165, 1.54) is 0 Å². The van der Waals surface area contributed by atoms with E-state index in [0.717, 1.165) is 10.0 Å². The Morgan fingerprint density at radius 1 is 1.50 bits per heavy atom. The lowest BCUT2D eigenvalue weighted by atomic mass is 10.1. The Labute approximate surface area is 92.8 Å². The van der Waals surface area contributed by atoms with Crippen LogP contribution < -0.4 is 5.73 Å². The molecule has 0 spiro atoms. The first kappa shape index (κ1) is 11.6. The molecule has 1 atom stereocenters. The van der Waals surface area contributed by atoms with E-state index in [1.807, 2.05) is 19.9 Å². The van der Waals surface area contributed by atoms with Crippen LogP contribution in [0, 0.1) is 0 Å². The highest BCUT2D eigenvalue weighted by Gasteiger charge is 2.12. The quantitative estimate of drug-likeness (QED) is 0.902. The standard InChI is InChI=1S/C10H15BrN2O/c1-7(2)14-10(4-12)8-3-9(11)6-13-5-8/h3,5-7,10H,4,12H2,1-2H3. The molecule has 1 aromatic heterocycles. The fourth-order valence-electron chi connectivity index (χ4n) is 1.20. The van der Waals surface area contributed by atoms with Crippen LogP contribution >= 0.6 is 15.9 Å². The van der Waals surface area contributed by atoms with E-state index in [0.29, 0.717) is 6.54 Å². The number of nitrogens with zero attached hydrogens (tertiary/aromatic N) is 1. The van der Waals surface area contributed by atoms with Crippen molar-refractivity contribution < 1.29 is 4.74 Å². The normalized spacial score (nSPS) is 13.2. The molecule has 1 aromatic rings. The third-order valence-electron chi connectivity index (χ3n) is 1.75. The molecule has 0 aromatic carbocycles. The van der Waals surface area contributed by atoms with E-state index in [9.17, 15) is 0 Å². The van der Waals surface area contributed by atoms with Crippen molar-refractivity contribution in [2.24, 2.45) is 5.73 Å². The van der Waals surface area contributed by atoms with Gasteiger partial charge in [-0.3, -0.25) is 4.98 Å². The number of ether oxygens (including phenoxy) is 1. The van der Waals surface area contributed by atoms with Crippen molar-refractivity contribution in [3.8, 4) is 0 Å². The molecule has 1 rings (SSSR count). The molecule has 0 aliphatic heterocycles. The molecular weight excluding hydrogens is 244 g/mol. The van der Waals surface area contributed by atoms with Gasteiger partial charge in [0, 0.05) is 29.0 Å². The van der Waals surface area contributed by atoms with E-state index < -0.39 is 0 Å². The summed E-state index contributed by atoms with van der Waals surface area (Å²) in [7, 11) is 0. The van der Waals surface area contributed by atoms with E-state index in [4.69, 9.17) is 10.5 Å². The first-order valence-electron chi connectivity index (χ1n) is 4.59. The topological polar surface area (TPSA) is 48.1 Å². The van der Waals surface area contributed by atoms with Gasteiger partial charge in [0.25, 0.3) is 0 Å². The van der Waals surface area contributed by atoms with E-state index in [2.05, 4.69) is 20.9 Å². The fourth-order valence-corrected chi connectivity index (χ4v) is 1.59. The van der Waals surface area contributed by atoms with Crippen LogP contribution in [0.1, 0.15) is 25.5 Å². The average molecular weight is 259 g/mol. The van der Waals surface area contributed by atoms with Gasteiger partial charge >= 0.3 is 0 Å². The van der Waals surface area contributed by atoms with E-state index in [-0.39, 0.29) is 12.2 Å². The summed E-state index contributed by atoms with van der Waals surface area (Å²) < 4.78 is 6.60. The van der Waals surface area contributed by atoms with Crippen molar-refractivity contribution in [1.82, 2.24) is 4.98 Å². The molecular formula is C10H15BrN2O. The molecule has 1 unspecified atom stereocenters. The minimum Gasteiger partial charge on any atom is -0.369 e. The van der Waals surface area contributed by atoms with Gasteiger partial charge in [0.05, 0.1) is 12.2 Å². The number of hydrogen-bond acceptors (Lipinski definition) is 3. The molecule has 0 amide bonds. The molecule has 0 saturated carbocycles. The van der Waals surface area contributed by atoms with Crippen LogP contribution in [0.4, 0.5) is 0 Å². The third kappa shape index (κ3) is 3.36. The van der Waals surface area contributed by atoms with Gasteiger partial charge < -0.3 is 10.5 Å². The van der Waals surface area contributed by atoms with Crippen molar-refractivity contribution in [3.63, 3.8) is 0 Å². The van der Waals surface area contributed by atoms with E-state index in [1.54, 1.807) is 12.4 Å². The van der Waals surface area contributed by atoms with Crippen molar-refractivity contribution in [3.05, 3.63) is 28.5 Å². The van der Waals surface area contributed by atoms with Gasteiger partial charge in [-0.05, 0) is 35.8 Å². The van der Waals surface area contributed by atoms with Crippen LogP contribution in [0.5, 0.6) is 0 Å². The second kappa shape index (κ2) is 5.44. The minimum absolute atomic E-state index is 0.0694. The number of halogens is 1. The molecule has 4 heteroatoms. The van der Waals surface area contributed by atoms with Gasteiger partial charge in [-0.1, -0.05) is 0 Å². The Balaban J connectivity index is 2.78. The van der Waals surface area contributed by atoms with Crippen molar-refractivity contribution >= 4 is 15.9 Å². The monoisotopic (exact) mass is 258 g/mol. The molecule has 0 radical (unpaired) electrons. The molecule has 1 heterocycles. The second-order valence-electron chi connectivity index (χ2n) is 3.35. The molecule has 14 heavy (non-hydrogen) atoms. The average Bonchev–Trinajstić information content (AvgIpc) is 2.14. The SMILES string of the molecule is CC(C)OC(CN)c1cncc(Br)c1. The summed E-state index contributed by atoms with van der Waals surface area (Å²) in [5, 5.41) is 0. The van der Waals surface area contributed by atoms with Crippen LogP contribution in [0.25, 0.3) is 0 Å². The predicted molar refractivity (Wildman–Crippen MR) is 60.0 cm³/mol. The van der Waals surface area contributed by atoms with Gasteiger partial charge in [0.1, 0.15) is 0 Å². The first-order chi connectivity index (χ1) is 6.63. The number of rotatable bonds is 4. The summed E-state index contributed by atoms with van der Waals surface area (Å²) in [6.45, 7) is 4.46. The van der Waals surface area contributed by atoms with Gasteiger partial charge in [0.15, 0.2) is 0 Å². The Kier molecular flexibility index (Phi) is 4.51. The number of pyridine rings is 1. The third-order valence-corrected chi connectivity index (χ3v) is 2.18. The predicted octanol–water partition coefficient (Wildman–Crippen LogP) is 2.27. The Morgan fingerprint density at radius 3 is 2.71 bits per heavy atom. The highest BCUT2D eigenvalue weighted by molar-refractivity contribution is 9.10. The molecule has 78 valence electrons. The maximum absolute atomic E-state index is 5.65. The van der Waals surface area contributed by atoms with Crippen molar-refractivity contribution in [2.75, 3.05) is 6.54 Å². The summed E-state index contributed by atoms with van der Waals surface area (Å²) in [6.07, 6.45) is 3.62. The lowest BCUT2D eigenvalue weighted by Gasteiger charge is -2.18. The Bertz CT molecular complexity index is 291. The van der Waals surface area contributed by atoms with Crippen LogP contribution in [0.3, 0.4) is 0 Å². The second-order valence-corrected chi connectivity index (χ2v) is 4.26. The lowest BCUT2D eigenvalue weighted by molar-refractivity contribution is 0.0117. The molecule has 0 aliphatic carbocycles. The largest absolute Gasteiger partial charge is 0.369 e. The molecule has 0 fully saturated rings. The summed E-state index contributed by atoms with van der Waals surface area (Å²) in [4.78, 5) is 4.08. The number of nitrogens with two attached hydrogens (primary N) is 1. The number of hydrogen-bond donors (Lipinski definition) is 1.